The van der Waals surface area contributed by atoms with Gasteiger partial charge in [-0.15, -0.1) is 0 Å². The van der Waals surface area contributed by atoms with Crippen LogP contribution in [-0.2, 0) is 4.79 Å². The van der Waals surface area contributed by atoms with Crippen molar-refractivity contribution in [3.63, 3.8) is 0 Å². The Labute approximate surface area is 121 Å². The van der Waals surface area contributed by atoms with Crippen molar-refractivity contribution in [2.24, 2.45) is 5.92 Å². The van der Waals surface area contributed by atoms with Gasteiger partial charge in [0.05, 0.1) is 5.92 Å². The molecule has 4 nitrogen and oxygen atoms in total. The summed E-state index contributed by atoms with van der Waals surface area (Å²) in [4.78, 5) is 21.6. The number of benzene rings is 1. The normalized spacial score (nSPS) is 13.8. The summed E-state index contributed by atoms with van der Waals surface area (Å²) < 4.78 is 0. The van der Waals surface area contributed by atoms with Crippen LogP contribution in [0.2, 0.25) is 10.0 Å². The lowest BCUT2D eigenvalue weighted by Crippen LogP contribution is -2.22. The molecule has 19 heavy (non-hydrogen) atoms. The highest BCUT2D eigenvalue weighted by Crippen LogP contribution is 2.33. The lowest BCUT2D eigenvalue weighted by Gasteiger charge is -2.20. The van der Waals surface area contributed by atoms with Crippen LogP contribution >= 0.6 is 23.2 Å². The fraction of sp³-hybridized carbons (Fsp3) is 0.462. The summed E-state index contributed by atoms with van der Waals surface area (Å²) >= 11 is 11.9. The predicted molar refractivity (Wildman–Crippen MR) is 75.5 cm³/mol. The molecule has 0 unspecified atom stereocenters. The molecule has 0 N–H and O–H groups in total. The van der Waals surface area contributed by atoms with Gasteiger partial charge in [-0.05, 0) is 24.1 Å². The van der Waals surface area contributed by atoms with Gasteiger partial charge in [0.15, 0.2) is 0 Å². The van der Waals surface area contributed by atoms with Crippen molar-refractivity contribution >= 4 is 29.5 Å². The molecule has 0 aromatic heterocycles. The zero-order valence-electron chi connectivity index (χ0n) is 10.5. The first-order valence-electron chi connectivity index (χ1n) is 6.01. The minimum Gasteiger partial charge on any atom is -0.303 e. The summed E-state index contributed by atoms with van der Waals surface area (Å²) in [5.74, 6) is -0.925. The summed E-state index contributed by atoms with van der Waals surface area (Å²) in [5.41, 5.74) is 0.605. The molecule has 0 radical (unpaired) electrons. The molecule has 6 heteroatoms. The van der Waals surface area contributed by atoms with Crippen LogP contribution < -0.4 is 0 Å². The van der Waals surface area contributed by atoms with E-state index in [-0.39, 0.29) is 6.54 Å². The number of hydrogen-bond donors (Lipinski definition) is 0. The maximum Gasteiger partial charge on any atom is 0.211 e. The van der Waals surface area contributed by atoms with E-state index in [0.29, 0.717) is 22.0 Å². The van der Waals surface area contributed by atoms with Crippen molar-refractivity contribution in [3.8, 4) is 0 Å². The maximum atomic E-state index is 11.2. The van der Waals surface area contributed by atoms with Crippen LogP contribution in [0, 0.1) is 16.0 Å². The predicted octanol–water partition coefficient (Wildman–Crippen LogP) is 3.97. The van der Waals surface area contributed by atoms with E-state index in [2.05, 4.69) is 0 Å². The average Bonchev–Trinajstić information content (AvgIpc) is 2.33. The Morgan fingerprint density at radius 1 is 1.42 bits per heavy atom. The molecule has 1 aromatic carbocycles. The van der Waals surface area contributed by atoms with Gasteiger partial charge < -0.3 is 4.79 Å². The van der Waals surface area contributed by atoms with Crippen molar-refractivity contribution in [1.82, 2.24) is 0 Å². The molecule has 1 rings (SSSR count). The van der Waals surface area contributed by atoms with Gasteiger partial charge in [0.25, 0.3) is 0 Å². The van der Waals surface area contributed by atoms with Gasteiger partial charge in [-0.2, -0.15) is 0 Å². The van der Waals surface area contributed by atoms with E-state index >= 15 is 0 Å². The molecular formula is C13H15Cl2NO3. The number of nitro groups is 1. The van der Waals surface area contributed by atoms with Gasteiger partial charge in [0.2, 0.25) is 6.54 Å². The lowest BCUT2D eigenvalue weighted by molar-refractivity contribution is -0.484. The van der Waals surface area contributed by atoms with E-state index in [4.69, 9.17) is 23.2 Å². The summed E-state index contributed by atoms with van der Waals surface area (Å²) in [5, 5.41) is 11.6. The molecule has 0 bridgehead atoms. The van der Waals surface area contributed by atoms with Gasteiger partial charge in [-0.3, -0.25) is 10.1 Å². The van der Waals surface area contributed by atoms with Crippen molar-refractivity contribution in [3.05, 3.63) is 43.9 Å². The molecule has 0 saturated carbocycles. The monoisotopic (exact) mass is 303 g/mol. The first kappa shape index (κ1) is 15.9. The van der Waals surface area contributed by atoms with Crippen LogP contribution in [0.25, 0.3) is 0 Å². The van der Waals surface area contributed by atoms with Gasteiger partial charge >= 0.3 is 0 Å². The second kappa shape index (κ2) is 7.46. The highest BCUT2D eigenvalue weighted by molar-refractivity contribution is 6.35. The molecule has 0 saturated heterocycles. The zero-order valence-corrected chi connectivity index (χ0v) is 12.0. The molecule has 0 fully saturated rings. The van der Waals surface area contributed by atoms with E-state index in [1.54, 1.807) is 18.2 Å². The van der Waals surface area contributed by atoms with Crippen LogP contribution in [0.5, 0.6) is 0 Å². The minimum absolute atomic E-state index is 0.315. The molecule has 2 atom stereocenters. The Bertz CT molecular complexity index is 465. The van der Waals surface area contributed by atoms with Gasteiger partial charge in [-0.1, -0.05) is 42.6 Å². The van der Waals surface area contributed by atoms with E-state index in [1.165, 1.54) is 0 Å². The third-order valence-electron chi connectivity index (χ3n) is 3.02. The number of carbonyl (C=O) groups is 1. The van der Waals surface area contributed by atoms with Crippen molar-refractivity contribution in [1.29, 1.82) is 0 Å². The molecule has 0 heterocycles. The smallest absolute Gasteiger partial charge is 0.211 e. The van der Waals surface area contributed by atoms with Gasteiger partial charge in [0, 0.05) is 20.9 Å². The number of nitrogens with zero attached hydrogens (tertiary/aromatic N) is 1. The Morgan fingerprint density at radius 2 is 2.11 bits per heavy atom. The van der Waals surface area contributed by atoms with Crippen LogP contribution in [-0.4, -0.2) is 17.8 Å². The third kappa shape index (κ3) is 4.48. The van der Waals surface area contributed by atoms with Crippen LogP contribution in [0.4, 0.5) is 0 Å². The van der Waals surface area contributed by atoms with Gasteiger partial charge in [-0.25, -0.2) is 0 Å². The first-order chi connectivity index (χ1) is 8.99. The lowest BCUT2D eigenvalue weighted by atomic mass is 9.84. The molecular weight excluding hydrogens is 289 g/mol. The van der Waals surface area contributed by atoms with Crippen molar-refractivity contribution < 1.29 is 9.72 Å². The molecule has 0 amide bonds. The molecule has 0 aliphatic rings. The SMILES string of the molecule is CCC[C@@H](C=O)[C@H](C[N+](=O)[O-])c1ccc(Cl)cc1Cl. The number of carbonyl (C=O) groups excluding carboxylic acids is 1. The number of halogens is 2. The molecule has 104 valence electrons. The second-order valence-electron chi connectivity index (χ2n) is 4.38. The Hall–Kier alpha value is -1.13. The fourth-order valence-electron chi connectivity index (χ4n) is 2.12. The fourth-order valence-corrected chi connectivity index (χ4v) is 2.67. The van der Waals surface area contributed by atoms with Gasteiger partial charge in [0.1, 0.15) is 6.29 Å². The highest BCUT2D eigenvalue weighted by Gasteiger charge is 2.28. The van der Waals surface area contributed by atoms with Crippen LogP contribution in [0.15, 0.2) is 18.2 Å². The second-order valence-corrected chi connectivity index (χ2v) is 5.22. The Balaban J connectivity index is 3.14. The molecule has 0 aliphatic carbocycles. The highest BCUT2D eigenvalue weighted by atomic mass is 35.5. The summed E-state index contributed by atoms with van der Waals surface area (Å²) in [6, 6.07) is 4.83. The standard InChI is InChI=1S/C13H15Cl2NO3/c1-2-3-9(8-17)12(7-16(18)19)11-5-4-10(14)6-13(11)15/h4-6,8-9,12H,2-3,7H2,1H3/t9-,12-/m0/s1. The molecule has 1 aromatic rings. The van der Waals surface area contributed by atoms with Crippen molar-refractivity contribution in [2.45, 2.75) is 25.7 Å². The minimum atomic E-state index is -0.516. The van der Waals surface area contributed by atoms with Crippen LogP contribution in [0.1, 0.15) is 31.2 Å². The largest absolute Gasteiger partial charge is 0.303 e. The summed E-state index contributed by atoms with van der Waals surface area (Å²) in [6.07, 6.45) is 2.16. The van der Waals surface area contributed by atoms with E-state index in [9.17, 15) is 14.9 Å². The third-order valence-corrected chi connectivity index (χ3v) is 3.58. The Kier molecular flexibility index (Phi) is 6.25. The quantitative estimate of drug-likeness (QED) is 0.435. The number of aldehydes is 1. The molecule has 0 aliphatic heterocycles. The first-order valence-corrected chi connectivity index (χ1v) is 6.77. The Morgan fingerprint density at radius 3 is 2.58 bits per heavy atom. The number of hydrogen-bond acceptors (Lipinski definition) is 3. The molecule has 0 spiro atoms. The van der Waals surface area contributed by atoms with E-state index in [0.717, 1.165) is 12.7 Å². The topological polar surface area (TPSA) is 60.2 Å². The summed E-state index contributed by atoms with van der Waals surface area (Å²) in [6.45, 7) is 1.62. The summed E-state index contributed by atoms with van der Waals surface area (Å²) in [7, 11) is 0. The zero-order chi connectivity index (χ0) is 14.4. The number of rotatable bonds is 7. The maximum absolute atomic E-state index is 11.2. The average molecular weight is 304 g/mol. The van der Waals surface area contributed by atoms with Crippen LogP contribution in [0.3, 0.4) is 0 Å². The van der Waals surface area contributed by atoms with E-state index in [1.807, 2.05) is 6.92 Å². The van der Waals surface area contributed by atoms with E-state index < -0.39 is 16.8 Å². The van der Waals surface area contributed by atoms with Crippen molar-refractivity contribution in [2.75, 3.05) is 6.54 Å².